The van der Waals surface area contributed by atoms with Crippen molar-refractivity contribution < 1.29 is 13.6 Å². The Labute approximate surface area is 155 Å². The molecule has 1 amide bonds. The topological polar surface area (TPSA) is 20.3 Å². The van der Waals surface area contributed by atoms with Gasteiger partial charge in [-0.2, -0.15) is 0 Å². The Morgan fingerprint density at radius 2 is 1.31 bits per heavy atom. The summed E-state index contributed by atoms with van der Waals surface area (Å²) >= 11 is 5.99. The Balaban J connectivity index is 1.88. The first kappa shape index (κ1) is 18.1. The number of halogens is 3. The second kappa shape index (κ2) is 8.11. The molecule has 3 aromatic carbocycles. The minimum absolute atomic E-state index is 0.207. The minimum Gasteiger partial charge on any atom is -0.330 e. The molecule has 0 aliphatic carbocycles. The van der Waals surface area contributed by atoms with Gasteiger partial charge in [0.05, 0.1) is 0 Å². The molecule has 3 rings (SSSR count). The second-order valence-corrected chi connectivity index (χ2v) is 6.36. The molecule has 26 heavy (non-hydrogen) atoms. The zero-order chi connectivity index (χ0) is 18.5. The summed E-state index contributed by atoms with van der Waals surface area (Å²) in [5, 5.41) is 0.472. The summed E-state index contributed by atoms with van der Waals surface area (Å²) in [6.07, 6.45) is 0. The van der Waals surface area contributed by atoms with Gasteiger partial charge in [0.2, 0.25) is 0 Å². The summed E-state index contributed by atoms with van der Waals surface area (Å²) in [6, 6.07) is 18.7. The number of carbonyl (C=O) groups is 1. The van der Waals surface area contributed by atoms with Gasteiger partial charge in [0, 0.05) is 23.7 Å². The highest BCUT2D eigenvalue weighted by atomic mass is 35.5. The molecule has 0 aliphatic heterocycles. The summed E-state index contributed by atoms with van der Waals surface area (Å²) in [5.74, 6) is -0.874. The molecule has 0 radical (unpaired) electrons. The molecular formula is C21H16ClF2NO. The third kappa shape index (κ3) is 4.67. The fourth-order valence-electron chi connectivity index (χ4n) is 2.62. The Morgan fingerprint density at radius 1 is 0.808 bits per heavy atom. The number of benzene rings is 3. The van der Waals surface area contributed by atoms with E-state index in [2.05, 4.69) is 0 Å². The maximum Gasteiger partial charge on any atom is 0.254 e. The molecule has 0 aliphatic rings. The van der Waals surface area contributed by atoms with E-state index in [-0.39, 0.29) is 17.5 Å². The van der Waals surface area contributed by atoms with Crippen LogP contribution in [0.1, 0.15) is 21.5 Å². The first-order valence-electron chi connectivity index (χ1n) is 8.05. The van der Waals surface area contributed by atoms with E-state index in [0.717, 1.165) is 11.1 Å². The Kier molecular flexibility index (Phi) is 5.64. The highest BCUT2D eigenvalue weighted by Gasteiger charge is 2.17. The van der Waals surface area contributed by atoms with Crippen LogP contribution >= 0.6 is 11.6 Å². The molecule has 0 aromatic heterocycles. The fourth-order valence-corrected chi connectivity index (χ4v) is 2.81. The van der Waals surface area contributed by atoms with Crippen LogP contribution in [0.25, 0.3) is 0 Å². The Bertz CT molecular complexity index is 847. The Hall–Kier alpha value is -2.72. The number of amides is 1. The molecule has 3 aromatic rings. The van der Waals surface area contributed by atoms with Crippen molar-refractivity contribution in [2.24, 2.45) is 0 Å². The van der Waals surface area contributed by atoms with Gasteiger partial charge in [-0.15, -0.1) is 0 Å². The van der Waals surface area contributed by atoms with Crippen LogP contribution in [-0.2, 0) is 13.1 Å². The minimum atomic E-state index is -0.333. The number of carbonyl (C=O) groups excluding carboxylic acids is 1. The van der Waals surface area contributed by atoms with Crippen molar-refractivity contribution >= 4 is 17.5 Å². The molecule has 0 heterocycles. The van der Waals surface area contributed by atoms with E-state index in [0.29, 0.717) is 23.7 Å². The van der Waals surface area contributed by atoms with Gasteiger partial charge in [-0.3, -0.25) is 4.79 Å². The van der Waals surface area contributed by atoms with Crippen LogP contribution in [0.15, 0.2) is 72.8 Å². The van der Waals surface area contributed by atoms with Crippen LogP contribution in [0, 0.1) is 11.6 Å². The van der Waals surface area contributed by atoms with Gasteiger partial charge in [0.15, 0.2) is 0 Å². The van der Waals surface area contributed by atoms with Gasteiger partial charge in [-0.1, -0.05) is 41.9 Å². The lowest BCUT2D eigenvalue weighted by atomic mass is 10.1. The summed E-state index contributed by atoms with van der Waals surface area (Å²) in [7, 11) is 0. The Morgan fingerprint density at radius 3 is 1.77 bits per heavy atom. The number of nitrogens with zero attached hydrogens (tertiary/aromatic N) is 1. The van der Waals surface area contributed by atoms with E-state index in [1.54, 1.807) is 53.4 Å². The first-order valence-corrected chi connectivity index (χ1v) is 8.43. The first-order chi connectivity index (χ1) is 12.5. The predicted molar refractivity (Wildman–Crippen MR) is 97.8 cm³/mol. The quantitative estimate of drug-likeness (QED) is 0.583. The van der Waals surface area contributed by atoms with E-state index in [4.69, 9.17) is 11.6 Å². The molecule has 0 saturated heterocycles. The molecule has 0 saturated carbocycles. The largest absolute Gasteiger partial charge is 0.330 e. The van der Waals surface area contributed by atoms with Crippen LogP contribution in [0.2, 0.25) is 5.02 Å². The van der Waals surface area contributed by atoms with Gasteiger partial charge in [-0.25, -0.2) is 8.78 Å². The van der Waals surface area contributed by atoms with Crippen molar-refractivity contribution in [1.29, 1.82) is 0 Å². The molecule has 0 N–H and O–H groups in total. The monoisotopic (exact) mass is 371 g/mol. The SMILES string of the molecule is O=C(c1cccc(Cl)c1)N(Cc1ccc(F)cc1)Cc1ccc(F)cc1. The van der Waals surface area contributed by atoms with Crippen LogP contribution in [-0.4, -0.2) is 10.8 Å². The van der Waals surface area contributed by atoms with Crippen LogP contribution in [0.4, 0.5) is 8.78 Å². The molecule has 0 bridgehead atoms. The van der Waals surface area contributed by atoms with Crippen LogP contribution in [0.3, 0.4) is 0 Å². The van der Waals surface area contributed by atoms with E-state index in [9.17, 15) is 13.6 Å². The number of hydrogen-bond donors (Lipinski definition) is 0. The maximum atomic E-state index is 13.1. The van der Waals surface area contributed by atoms with Crippen molar-refractivity contribution in [3.05, 3.63) is 106 Å². The van der Waals surface area contributed by atoms with Gasteiger partial charge >= 0.3 is 0 Å². The molecule has 5 heteroatoms. The van der Waals surface area contributed by atoms with E-state index in [1.165, 1.54) is 24.3 Å². The zero-order valence-corrected chi connectivity index (χ0v) is 14.6. The highest BCUT2D eigenvalue weighted by Crippen LogP contribution is 2.17. The highest BCUT2D eigenvalue weighted by molar-refractivity contribution is 6.30. The summed E-state index contributed by atoms with van der Waals surface area (Å²) in [6.45, 7) is 0.589. The summed E-state index contributed by atoms with van der Waals surface area (Å²) < 4.78 is 26.3. The molecule has 0 unspecified atom stereocenters. The molecule has 0 fully saturated rings. The average molecular weight is 372 g/mol. The van der Waals surface area contributed by atoms with Crippen LogP contribution in [0.5, 0.6) is 0 Å². The molecular weight excluding hydrogens is 356 g/mol. The maximum absolute atomic E-state index is 13.1. The zero-order valence-electron chi connectivity index (χ0n) is 13.8. The van der Waals surface area contributed by atoms with Crippen molar-refractivity contribution in [2.75, 3.05) is 0 Å². The lowest BCUT2D eigenvalue weighted by molar-refractivity contribution is 0.0730. The van der Waals surface area contributed by atoms with Crippen molar-refractivity contribution in [3.63, 3.8) is 0 Å². The average Bonchev–Trinajstić information content (AvgIpc) is 2.64. The molecule has 132 valence electrons. The second-order valence-electron chi connectivity index (χ2n) is 5.92. The van der Waals surface area contributed by atoms with Crippen molar-refractivity contribution in [3.8, 4) is 0 Å². The molecule has 0 atom stereocenters. The third-order valence-corrected chi connectivity index (χ3v) is 4.17. The third-order valence-electron chi connectivity index (χ3n) is 3.93. The summed E-state index contributed by atoms with van der Waals surface area (Å²) in [5.41, 5.74) is 2.05. The van der Waals surface area contributed by atoms with Gasteiger partial charge in [0.25, 0.3) is 5.91 Å². The van der Waals surface area contributed by atoms with Gasteiger partial charge in [-0.05, 0) is 53.6 Å². The smallest absolute Gasteiger partial charge is 0.254 e. The fraction of sp³-hybridized carbons (Fsp3) is 0.0952. The van der Waals surface area contributed by atoms with Crippen molar-refractivity contribution in [2.45, 2.75) is 13.1 Å². The lowest BCUT2D eigenvalue weighted by Gasteiger charge is -2.23. The molecule has 2 nitrogen and oxygen atoms in total. The van der Waals surface area contributed by atoms with Crippen LogP contribution < -0.4 is 0 Å². The van der Waals surface area contributed by atoms with Crippen molar-refractivity contribution in [1.82, 2.24) is 4.90 Å². The number of hydrogen-bond acceptors (Lipinski definition) is 1. The van der Waals surface area contributed by atoms with E-state index >= 15 is 0 Å². The predicted octanol–water partition coefficient (Wildman–Crippen LogP) is 5.46. The molecule has 0 spiro atoms. The van der Waals surface area contributed by atoms with E-state index in [1.807, 2.05) is 0 Å². The van der Waals surface area contributed by atoms with E-state index < -0.39 is 0 Å². The summed E-state index contributed by atoms with van der Waals surface area (Å²) in [4.78, 5) is 14.6. The van der Waals surface area contributed by atoms with Gasteiger partial charge in [0.1, 0.15) is 11.6 Å². The standard InChI is InChI=1S/C21H16ClF2NO/c22-18-3-1-2-17(12-18)21(26)25(13-15-4-8-19(23)9-5-15)14-16-6-10-20(24)11-7-16/h1-12H,13-14H2. The van der Waals surface area contributed by atoms with Gasteiger partial charge < -0.3 is 4.90 Å². The number of rotatable bonds is 5. The lowest BCUT2D eigenvalue weighted by Crippen LogP contribution is -2.30. The normalized spacial score (nSPS) is 10.6.